The first-order valence-corrected chi connectivity index (χ1v) is 10.0. The summed E-state index contributed by atoms with van der Waals surface area (Å²) in [6.45, 7) is 0. The van der Waals surface area contributed by atoms with Gasteiger partial charge in [-0.25, -0.2) is 9.37 Å². The van der Waals surface area contributed by atoms with E-state index in [0.29, 0.717) is 31.2 Å². The van der Waals surface area contributed by atoms with E-state index in [1.165, 1.54) is 24.3 Å². The Morgan fingerprint density at radius 2 is 1.78 bits per heavy atom. The largest absolute Gasteiger partial charge is 0.481 e. The van der Waals surface area contributed by atoms with E-state index in [4.69, 9.17) is 0 Å². The van der Waals surface area contributed by atoms with Gasteiger partial charge < -0.3 is 9.67 Å². The molecule has 1 fully saturated rings. The summed E-state index contributed by atoms with van der Waals surface area (Å²) in [4.78, 5) is 28.3. The van der Waals surface area contributed by atoms with Crippen molar-refractivity contribution in [2.75, 3.05) is 5.32 Å². The number of anilines is 1. The Labute approximate surface area is 179 Å². The maximum Gasteiger partial charge on any atom is 0.416 e. The first kappa shape index (κ1) is 21.8. The van der Waals surface area contributed by atoms with Crippen molar-refractivity contribution in [2.24, 2.45) is 5.92 Å². The highest BCUT2D eigenvalue weighted by Gasteiger charge is 2.32. The summed E-state index contributed by atoms with van der Waals surface area (Å²) in [5, 5.41) is 11.8. The van der Waals surface area contributed by atoms with E-state index in [1.807, 2.05) is 0 Å². The molecule has 168 valence electrons. The first-order valence-electron chi connectivity index (χ1n) is 10.0. The summed E-state index contributed by atoms with van der Waals surface area (Å²) < 4.78 is 54.5. The fourth-order valence-electron chi connectivity index (χ4n) is 4.12. The third-order valence-electron chi connectivity index (χ3n) is 5.74. The second-order valence-corrected chi connectivity index (χ2v) is 7.81. The normalized spacial score (nSPS) is 19.1. The topological polar surface area (TPSA) is 84.2 Å². The number of carboxylic acid groups (broad SMARTS) is 1. The molecule has 4 rings (SSSR count). The number of halogens is 4. The number of hydrogen-bond donors (Lipinski definition) is 2. The number of carbonyl (C=O) groups excluding carboxylic acids is 1. The average Bonchev–Trinajstić information content (AvgIpc) is 3.10. The molecule has 2 aromatic carbocycles. The standard InChI is InChI=1S/C22H19F4N3O3/c23-15-6-9-18-17(11-15)27-21(29(18)16-7-4-12(5-8-16)20(31)32)28-19(30)13-2-1-3-14(10-13)22(24,25)26/h1-3,6,9-12,16H,4-5,7-8H2,(H,31,32)(H,27,28,30)/t12-,16+. The molecule has 1 saturated carbocycles. The number of nitrogens with one attached hydrogen (secondary N) is 1. The lowest BCUT2D eigenvalue weighted by Crippen LogP contribution is -2.25. The highest BCUT2D eigenvalue weighted by atomic mass is 19.4. The average molecular weight is 449 g/mol. The highest BCUT2D eigenvalue weighted by molar-refractivity contribution is 6.04. The summed E-state index contributed by atoms with van der Waals surface area (Å²) in [5.74, 6) is -2.55. The monoisotopic (exact) mass is 449 g/mol. The number of hydrogen-bond acceptors (Lipinski definition) is 3. The molecule has 3 aromatic rings. The fraction of sp³-hybridized carbons (Fsp3) is 0.318. The Morgan fingerprint density at radius 3 is 2.44 bits per heavy atom. The van der Waals surface area contributed by atoms with Crippen molar-refractivity contribution in [1.82, 2.24) is 9.55 Å². The molecule has 2 N–H and O–H groups in total. The summed E-state index contributed by atoms with van der Waals surface area (Å²) in [6.07, 6.45) is -2.72. The Balaban J connectivity index is 1.67. The number of rotatable bonds is 4. The van der Waals surface area contributed by atoms with Gasteiger partial charge in [-0.2, -0.15) is 13.2 Å². The van der Waals surface area contributed by atoms with E-state index >= 15 is 0 Å². The summed E-state index contributed by atoms with van der Waals surface area (Å²) >= 11 is 0. The molecule has 0 spiro atoms. The summed E-state index contributed by atoms with van der Waals surface area (Å²) in [5.41, 5.74) is -0.318. The van der Waals surface area contributed by atoms with Gasteiger partial charge in [-0.3, -0.25) is 14.9 Å². The van der Waals surface area contributed by atoms with Crippen LogP contribution in [0.25, 0.3) is 11.0 Å². The maximum absolute atomic E-state index is 13.7. The van der Waals surface area contributed by atoms with Crippen LogP contribution in [0.15, 0.2) is 42.5 Å². The molecule has 0 atom stereocenters. The van der Waals surface area contributed by atoms with Crippen molar-refractivity contribution in [1.29, 1.82) is 0 Å². The lowest BCUT2D eigenvalue weighted by atomic mass is 9.86. The molecule has 0 bridgehead atoms. The Morgan fingerprint density at radius 1 is 1.06 bits per heavy atom. The van der Waals surface area contributed by atoms with Crippen molar-refractivity contribution in [3.05, 3.63) is 59.4 Å². The Hall–Kier alpha value is -3.43. The summed E-state index contributed by atoms with van der Waals surface area (Å²) in [7, 11) is 0. The van der Waals surface area contributed by atoms with Crippen molar-refractivity contribution in [3.8, 4) is 0 Å². The number of benzene rings is 2. The van der Waals surface area contributed by atoms with E-state index in [9.17, 15) is 32.3 Å². The van der Waals surface area contributed by atoms with Crippen molar-refractivity contribution >= 4 is 28.9 Å². The van der Waals surface area contributed by atoms with E-state index in [1.54, 1.807) is 4.57 Å². The van der Waals surface area contributed by atoms with Crippen LogP contribution in [0.2, 0.25) is 0 Å². The molecule has 0 aliphatic heterocycles. The second kappa shape index (κ2) is 8.25. The van der Waals surface area contributed by atoms with Gasteiger partial charge in [0.1, 0.15) is 5.82 Å². The van der Waals surface area contributed by atoms with Gasteiger partial charge in [0.15, 0.2) is 0 Å². The van der Waals surface area contributed by atoms with Crippen molar-refractivity contribution in [3.63, 3.8) is 0 Å². The molecule has 0 saturated heterocycles. The van der Waals surface area contributed by atoms with Gasteiger partial charge in [-0.1, -0.05) is 6.07 Å². The highest BCUT2D eigenvalue weighted by Crippen LogP contribution is 2.37. The van der Waals surface area contributed by atoms with Crippen LogP contribution in [0.3, 0.4) is 0 Å². The van der Waals surface area contributed by atoms with E-state index < -0.39 is 35.4 Å². The third kappa shape index (κ3) is 4.30. The second-order valence-electron chi connectivity index (χ2n) is 7.81. The van der Waals surface area contributed by atoms with Gasteiger partial charge in [0.25, 0.3) is 5.91 Å². The SMILES string of the molecule is O=C(Nc1nc2cc(F)ccc2n1[C@H]1CC[C@@H](C(=O)O)CC1)c1cccc(C(F)(F)F)c1. The lowest BCUT2D eigenvalue weighted by molar-refractivity contribution is -0.143. The van der Waals surface area contributed by atoms with Crippen LogP contribution >= 0.6 is 0 Å². The molecule has 1 heterocycles. The molecule has 32 heavy (non-hydrogen) atoms. The van der Waals surface area contributed by atoms with Crippen LogP contribution in [-0.4, -0.2) is 26.5 Å². The smallest absolute Gasteiger partial charge is 0.416 e. The minimum Gasteiger partial charge on any atom is -0.481 e. The predicted octanol–water partition coefficient (Wildman–Crippen LogP) is 5.26. The number of imidazole rings is 1. The van der Waals surface area contributed by atoms with E-state index in [0.717, 1.165) is 18.2 Å². The minimum absolute atomic E-state index is 0.0757. The number of carboxylic acids is 1. The number of fused-ring (bicyclic) bond motifs is 1. The molecule has 6 nitrogen and oxygen atoms in total. The minimum atomic E-state index is -4.59. The number of amides is 1. The van der Waals surface area contributed by atoms with Gasteiger partial charge >= 0.3 is 12.1 Å². The Kier molecular flexibility index (Phi) is 5.62. The van der Waals surface area contributed by atoms with Crippen LogP contribution in [0.5, 0.6) is 0 Å². The van der Waals surface area contributed by atoms with Gasteiger partial charge in [-0.15, -0.1) is 0 Å². The van der Waals surface area contributed by atoms with Crippen LogP contribution < -0.4 is 5.32 Å². The number of carbonyl (C=O) groups is 2. The zero-order valence-corrected chi connectivity index (χ0v) is 16.7. The molecule has 1 aliphatic rings. The van der Waals surface area contributed by atoms with Gasteiger partial charge in [0, 0.05) is 17.7 Å². The quantitative estimate of drug-likeness (QED) is 0.532. The van der Waals surface area contributed by atoms with E-state index in [2.05, 4.69) is 10.3 Å². The van der Waals surface area contributed by atoms with Gasteiger partial charge in [-0.05, 0) is 56.0 Å². The first-order chi connectivity index (χ1) is 15.1. The number of aliphatic carboxylic acids is 1. The van der Waals surface area contributed by atoms with Crippen LogP contribution in [0.1, 0.15) is 47.6 Å². The molecule has 1 amide bonds. The number of aromatic nitrogens is 2. The van der Waals surface area contributed by atoms with Gasteiger partial charge in [0.2, 0.25) is 5.95 Å². The molecule has 1 aliphatic carbocycles. The maximum atomic E-state index is 13.7. The molecule has 10 heteroatoms. The summed E-state index contributed by atoms with van der Waals surface area (Å²) in [6, 6.07) is 7.80. The van der Waals surface area contributed by atoms with Crippen molar-refractivity contribution in [2.45, 2.75) is 37.9 Å². The van der Waals surface area contributed by atoms with Crippen LogP contribution in [0, 0.1) is 11.7 Å². The molecule has 1 aromatic heterocycles. The fourth-order valence-corrected chi connectivity index (χ4v) is 4.12. The zero-order valence-electron chi connectivity index (χ0n) is 16.7. The van der Waals surface area contributed by atoms with Crippen LogP contribution in [0.4, 0.5) is 23.5 Å². The number of nitrogens with zero attached hydrogens (tertiary/aromatic N) is 2. The van der Waals surface area contributed by atoms with Crippen LogP contribution in [-0.2, 0) is 11.0 Å². The van der Waals surface area contributed by atoms with Gasteiger partial charge in [0.05, 0.1) is 22.5 Å². The molecular formula is C22H19F4N3O3. The molecular weight excluding hydrogens is 430 g/mol. The lowest BCUT2D eigenvalue weighted by Gasteiger charge is -2.28. The van der Waals surface area contributed by atoms with E-state index in [-0.39, 0.29) is 23.1 Å². The van der Waals surface area contributed by atoms with Crippen molar-refractivity contribution < 1.29 is 32.3 Å². The Bertz CT molecular complexity index is 1180. The molecule has 0 unspecified atom stereocenters. The molecule has 0 radical (unpaired) electrons. The zero-order chi connectivity index (χ0) is 23.0. The number of alkyl halides is 3. The predicted molar refractivity (Wildman–Crippen MR) is 108 cm³/mol. The third-order valence-corrected chi connectivity index (χ3v) is 5.74.